The molecule has 2 aromatic carbocycles. The number of fused-ring (bicyclic) bond motifs is 1. The van der Waals surface area contributed by atoms with E-state index >= 15 is 0 Å². The molecule has 0 saturated carbocycles. The lowest BCUT2D eigenvalue weighted by Crippen LogP contribution is -2.46. The van der Waals surface area contributed by atoms with E-state index in [9.17, 15) is 0 Å². The second-order valence-electron chi connectivity index (χ2n) is 5.73. The third-order valence-electron chi connectivity index (χ3n) is 4.28. The predicted molar refractivity (Wildman–Crippen MR) is 94.7 cm³/mol. The van der Waals surface area contributed by atoms with Crippen LogP contribution in [0.5, 0.6) is 0 Å². The summed E-state index contributed by atoms with van der Waals surface area (Å²) in [7, 11) is 4.10. The van der Waals surface area contributed by atoms with Crippen LogP contribution >= 0.6 is 0 Å². The number of anilines is 2. The Hall–Kier alpha value is -2.55. The van der Waals surface area contributed by atoms with Gasteiger partial charge in [0, 0.05) is 31.0 Å². The van der Waals surface area contributed by atoms with Crippen LogP contribution in [0.2, 0.25) is 0 Å². The fourth-order valence-electron chi connectivity index (χ4n) is 2.87. The van der Waals surface area contributed by atoms with E-state index in [1.807, 2.05) is 31.3 Å². The summed E-state index contributed by atoms with van der Waals surface area (Å²) in [6.45, 7) is 6.10. The molecule has 0 fully saturated rings. The van der Waals surface area contributed by atoms with Crippen molar-refractivity contribution in [1.29, 1.82) is 0 Å². The average Bonchev–Trinajstić information content (AvgIpc) is 2.58. The minimum Gasteiger partial charge on any atom is -0.315 e. The number of nitrogens with zero attached hydrogens (tertiary/aromatic N) is 3. The van der Waals surface area contributed by atoms with Gasteiger partial charge in [-0.2, -0.15) is 0 Å². The van der Waals surface area contributed by atoms with E-state index < -0.39 is 5.54 Å². The smallest absolute Gasteiger partial charge is 0.206 e. The molecule has 0 aromatic heterocycles. The van der Waals surface area contributed by atoms with Gasteiger partial charge in [-0.1, -0.05) is 42.5 Å². The van der Waals surface area contributed by atoms with Gasteiger partial charge in [0.2, 0.25) is 5.96 Å². The summed E-state index contributed by atoms with van der Waals surface area (Å²) in [5, 5.41) is 0. The molecule has 22 heavy (non-hydrogen) atoms. The fraction of sp³-hybridized carbons (Fsp3) is 0.211. The molecule has 0 spiro atoms. The van der Waals surface area contributed by atoms with Crippen LogP contribution in [0.25, 0.3) is 0 Å². The molecule has 0 radical (unpaired) electrons. The van der Waals surface area contributed by atoms with Crippen LogP contribution in [0, 0.1) is 0 Å². The molecule has 1 heterocycles. The molecule has 3 rings (SSSR count). The van der Waals surface area contributed by atoms with Crippen LogP contribution in [0.4, 0.5) is 11.4 Å². The first-order valence-electron chi connectivity index (χ1n) is 7.42. The normalized spacial score (nSPS) is 20.1. The van der Waals surface area contributed by atoms with E-state index in [-0.39, 0.29) is 0 Å². The first-order valence-corrected chi connectivity index (χ1v) is 7.42. The maximum Gasteiger partial charge on any atom is 0.206 e. The molecule has 0 aliphatic carbocycles. The Balaban J connectivity index is 2.11. The highest BCUT2D eigenvalue weighted by molar-refractivity contribution is 6.08. The number of guanidine groups is 1. The number of benzene rings is 2. The summed E-state index contributed by atoms with van der Waals surface area (Å²) in [5.41, 5.74) is 3.04. The third kappa shape index (κ3) is 2.19. The highest BCUT2D eigenvalue weighted by Crippen LogP contribution is 2.39. The lowest BCUT2D eigenvalue weighted by atomic mass is 9.89. The molecular formula is C19H21N3. The molecule has 1 aliphatic rings. The lowest BCUT2D eigenvalue weighted by Gasteiger charge is -2.39. The largest absolute Gasteiger partial charge is 0.315 e. The lowest BCUT2D eigenvalue weighted by molar-refractivity contribution is 0.620. The zero-order chi connectivity index (χ0) is 15.7. The summed E-state index contributed by atoms with van der Waals surface area (Å²) in [6, 6.07) is 18.6. The molecular weight excluding hydrogens is 270 g/mol. The second kappa shape index (κ2) is 5.34. The molecule has 1 aliphatic heterocycles. The van der Waals surface area contributed by atoms with Gasteiger partial charge in [0.25, 0.3) is 0 Å². The molecule has 0 amide bonds. The van der Waals surface area contributed by atoms with Gasteiger partial charge in [0.05, 0.1) is 0 Å². The topological polar surface area (TPSA) is 18.8 Å². The summed E-state index contributed by atoms with van der Waals surface area (Å²) >= 11 is 0. The quantitative estimate of drug-likeness (QED) is 0.778. The minimum absolute atomic E-state index is 0.415. The Morgan fingerprint density at radius 3 is 2.41 bits per heavy atom. The fourth-order valence-corrected chi connectivity index (χ4v) is 2.87. The number of aliphatic imine (C=N–C) groups is 1. The first-order chi connectivity index (χ1) is 10.6. The van der Waals surface area contributed by atoms with Crippen LogP contribution in [-0.2, 0) is 5.54 Å². The Kier molecular flexibility index (Phi) is 3.49. The van der Waals surface area contributed by atoms with Crippen molar-refractivity contribution in [3.05, 3.63) is 72.8 Å². The van der Waals surface area contributed by atoms with Crippen molar-refractivity contribution >= 4 is 17.3 Å². The van der Waals surface area contributed by atoms with E-state index in [0.717, 1.165) is 17.3 Å². The SMILES string of the molecule is C=CC1(C)N=C(N(C)c2ccccc2)N(C)c2ccccc21. The number of hydrogen-bond acceptors (Lipinski definition) is 3. The summed E-state index contributed by atoms with van der Waals surface area (Å²) in [4.78, 5) is 9.22. The molecule has 0 saturated heterocycles. The Morgan fingerprint density at radius 2 is 1.73 bits per heavy atom. The van der Waals surface area contributed by atoms with Crippen LogP contribution < -0.4 is 9.80 Å². The summed E-state index contributed by atoms with van der Waals surface area (Å²) in [6.07, 6.45) is 1.91. The number of para-hydroxylation sites is 2. The Bertz CT molecular complexity index is 720. The van der Waals surface area contributed by atoms with Crippen molar-refractivity contribution < 1.29 is 0 Å². The van der Waals surface area contributed by atoms with Gasteiger partial charge in [-0.25, -0.2) is 4.99 Å². The zero-order valence-electron chi connectivity index (χ0n) is 13.3. The van der Waals surface area contributed by atoms with Crippen molar-refractivity contribution in [2.45, 2.75) is 12.5 Å². The molecule has 3 heteroatoms. The van der Waals surface area contributed by atoms with Crippen molar-refractivity contribution in [3.8, 4) is 0 Å². The molecule has 0 bridgehead atoms. The van der Waals surface area contributed by atoms with E-state index in [0.29, 0.717) is 0 Å². The van der Waals surface area contributed by atoms with E-state index in [4.69, 9.17) is 4.99 Å². The van der Waals surface area contributed by atoms with Crippen LogP contribution in [0.1, 0.15) is 12.5 Å². The number of rotatable bonds is 2. The maximum absolute atomic E-state index is 4.98. The van der Waals surface area contributed by atoms with Gasteiger partial charge < -0.3 is 9.80 Å². The van der Waals surface area contributed by atoms with Crippen molar-refractivity contribution in [1.82, 2.24) is 0 Å². The molecule has 3 nitrogen and oxygen atoms in total. The second-order valence-corrected chi connectivity index (χ2v) is 5.73. The van der Waals surface area contributed by atoms with Crippen LogP contribution in [-0.4, -0.2) is 20.1 Å². The van der Waals surface area contributed by atoms with Crippen molar-refractivity contribution in [3.63, 3.8) is 0 Å². The van der Waals surface area contributed by atoms with Gasteiger partial charge in [0.1, 0.15) is 5.54 Å². The van der Waals surface area contributed by atoms with Crippen molar-refractivity contribution in [2.75, 3.05) is 23.9 Å². The number of hydrogen-bond donors (Lipinski definition) is 0. The molecule has 1 unspecified atom stereocenters. The van der Waals surface area contributed by atoms with Gasteiger partial charge in [-0.3, -0.25) is 0 Å². The van der Waals surface area contributed by atoms with Crippen LogP contribution in [0.3, 0.4) is 0 Å². The predicted octanol–water partition coefficient (Wildman–Crippen LogP) is 4.03. The average molecular weight is 291 g/mol. The highest BCUT2D eigenvalue weighted by atomic mass is 15.4. The first kappa shape index (κ1) is 14.4. The Labute approximate surface area is 132 Å². The van der Waals surface area contributed by atoms with Crippen LogP contribution in [0.15, 0.2) is 72.2 Å². The van der Waals surface area contributed by atoms with E-state index in [1.165, 1.54) is 5.56 Å². The van der Waals surface area contributed by atoms with Gasteiger partial charge >= 0.3 is 0 Å². The van der Waals surface area contributed by atoms with E-state index in [2.05, 4.69) is 66.7 Å². The van der Waals surface area contributed by atoms with Gasteiger partial charge in [-0.05, 0) is 25.1 Å². The molecule has 2 aromatic rings. The standard InChI is InChI=1S/C19H21N3/c1-5-19(2)16-13-9-10-14-17(16)22(4)18(20-19)21(3)15-11-7-6-8-12-15/h5-14H,1H2,2-4H3. The zero-order valence-corrected chi connectivity index (χ0v) is 13.3. The summed E-state index contributed by atoms with van der Waals surface area (Å²) in [5.74, 6) is 0.910. The molecule has 0 N–H and O–H groups in total. The van der Waals surface area contributed by atoms with E-state index in [1.54, 1.807) is 0 Å². The highest BCUT2D eigenvalue weighted by Gasteiger charge is 2.34. The van der Waals surface area contributed by atoms with Crippen molar-refractivity contribution in [2.24, 2.45) is 4.99 Å². The minimum atomic E-state index is -0.415. The molecule has 112 valence electrons. The maximum atomic E-state index is 4.98. The third-order valence-corrected chi connectivity index (χ3v) is 4.28. The summed E-state index contributed by atoms with van der Waals surface area (Å²) < 4.78 is 0. The van der Waals surface area contributed by atoms with Gasteiger partial charge in [0.15, 0.2) is 0 Å². The molecule has 1 atom stereocenters. The van der Waals surface area contributed by atoms with Gasteiger partial charge in [-0.15, -0.1) is 6.58 Å². The Morgan fingerprint density at radius 1 is 1.09 bits per heavy atom. The monoisotopic (exact) mass is 291 g/mol.